The van der Waals surface area contributed by atoms with E-state index >= 15 is 0 Å². The maximum atomic E-state index is 13.6. The van der Waals surface area contributed by atoms with Crippen LogP contribution in [0, 0.1) is 6.92 Å². The van der Waals surface area contributed by atoms with Gasteiger partial charge >= 0.3 is 0 Å². The molecule has 34 heavy (non-hydrogen) atoms. The molecule has 6 nitrogen and oxygen atoms in total. The summed E-state index contributed by atoms with van der Waals surface area (Å²) >= 11 is 0. The number of aryl methyl sites for hydroxylation is 2. The van der Waals surface area contributed by atoms with Crippen LogP contribution in [0.5, 0.6) is 11.5 Å². The van der Waals surface area contributed by atoms with E-state index in [-0.39, 0.29) is 17.9 Å². The van der Waals surface area contributed by atoms with Crippen LogP contribution in [0.1, 0.15) is 62.1 Å². The van der Waals surface area contributed by atoms with Crippen molar-refractivity contribution in [2.45, 2.75) is 77.4 Å². The number of ether oxygens (including phenoxy) is 2. The van der Waals surface area contributed by atoms with Crippen molar-refractivity contribution >= 4 is 11.8 Å². The monoisotopic (exact) mass is 464 g/mol. The van der Waals surface area contributed by atoms with Crippen molar-refractivity contribution in [2.24, 2.45) is 0 Å². The lowest BCUT2D eigenvalue weighted by molar-refractivity contribution is -0.141. The molecule has 1 aliphatic carbocycles. The molecule has 2 amide bonds. The van der Waals surface area contributed by atoms with Gasteiger partial charge in [0.05, 0.1) is 0 Å². The summed E-state index contributed by atoms with van der Waals surface area (Å²) in [4.78, 5) is 28.6. The Hall–Kier alpha value is -3.02. The van der Waals surface area contributed by atoms with Gasteiger partial charge in [0.1, 0.15) is 19.3 Å². The quantitative estimate of drug-likeness (QED) is 0.591. The fourth-order valence-corrected chi connectivity index (χ4v) is 4.90. The highest BCUT2D eigenvalue weighted by atomic mass is 16.6. The number of nitrogens with one attached hydrogen (secondary N) is 1. The second kappa shape index (κ2) is 11.4. The number of fused-ring (bicyclic) bond motifs is 1. The molecule has 2 aromatic rings. The Kier molecular flexibility index (Phi) is 8.09. The normalized spacial score (nSPS) is 16.2. The topological polar surface area (TPSA) is 67.9 Å². The largest absolute Gasteiger partial charge is 0.486 e. The van der Waals surface area contributed by atoms with Crippen LogP contribution in [0.3, 0.4) is 0 Å². The molecule has 1 atom stereocenters. The molecule has 1 N–H and O–H groups in total. The van der Waals surface area contributed by atoms with Crippen LogP contribution < -0.4 is 14.8 Å². The molecule has 1 heterocycles. The number of carbonyl (C=O) groups is 2. The van der Waals surface area contributed by atoms with E-state index in [0.717, 1.165) is 53.9 Å². The molecule has 0 aromatic heterocycles. The second-order valence-electron chi connectivity index (χ2n) is 9.34. The van der Waals surface area contributed by atoms with Crippen molar-refractivity contribution in [1.29, 1.82) is 0 Å². The van der Waals surface area contributed by atoms with E-state index in [0.29, 0.717) is 39.0 Å². The highest BCUT2D eigenvalue weighted by molar-refractivity contribution is 5.88. The Morgan fingerprint density at radius 2 is 1.79 bits per heavy atom. The average Bonchev–Trinajstić information content (AvgIpc) is 3.36. The molecule has 2 aromatic carbocycles. The summed E-state index contributed by atoms with van der Waals surface area (Å²) in [6.45, 7) is 5.56. The van der Waals surface area contributed by atoms with Gasteiger partial charge in [0.25, 0.3) is 0 Å². The predicted molar refractivity (Wildman–Crippen MR) is 132 cm³/mol. The van der Waals surface area contributed by atoms with Crippen molar-refractivity contribution in [1.82, 2.24) is 10.2 Å². The molecule has 0 spiro atoms. The van der Waals surface area contributed by atoms with Gasteiger partial charge in [-0.2, -0.15) is 0 Å². The first kappa shape index (κ1) is 24.1. The molecule has 0 bridgehead atoms. The van der Waals surface area contributed by atoms with Gasteiger partial charge in [-0.15, -0.1) is 0 Å². The molecule has 1 saturated carbocycles. The standard InChI is InChI=1S/C28H36N2O4/c1-3-24(28(32)29-23-10-6-7-11-23)30(19-22-9-5-4-8-20(22)2)27(31)15-13-21-12-14-25-26(18-21)34-17-16-33-25/h4-5,8-9,12,14,18,23-24H,3,6-7,10-11,13,15-17,19H2,1-2H3,(H,29,32)/t24-/m0/s1. The highest BCUT2D eigenvalue weighted by Crippen LogP contribution is 2.31. The van der Waals surface area contributed by atoms with Gasteiger partial charge < -0.3 is 19.7 Å². The van der Waals surface area contributed by atoms with Gasteiger partial charge in [0.15, 0.2) is 11.5 Å². The number of hydrogen-bond donors (Lipinski definition) is 1. The van der Waals surface area contributed by atoms with Crippen LogP contribution in [0.15, 0.2) is 42.5 Å². The van der Waals surface area contributed by atoms with Crippen LogP contribution in [-0.4, -0.2) is 42.0 Å². The Bertz CT molecular complexity index is 1000. The van der Waals surface area contributed by atoms with Crippen LogP contribution >= 0.6 is 0 Å². The third-order valence-corrected chi connectivity index (χ3v) is 6.92. The first-order chi connectivity index (χ1) is 16.5. The minimum atomic E-state index is -0.479. The molecular formula is C28H36N2O4. The molecule has 0 unspecified atom stereocenters. The number of rotatable bonds is 9. The fourth-order valence-electron chi connectivity index (χ4n) is 4.90. The van der Waals surface area contributed by atoms with Crippen LogP contribution in [-0.2, 0) is 22.6 Å². The van der Waals surface area contributed by atoms with Crippen LogP contribution in [0.2, 0.25) is 0 Å². The molecule has 0 radical (unpaired) electrons. The summed E-state index contributed by atoms with van der Waals surface area (Å²) in [6, 6.07) is 13.7. The Morgan fingerprint density at radius 3 is 2.53 bits per heavy atom. The molecule has 0 saturated heterocycles. The van der Waals surface area contributed by atoms with Gasteiger partial charge in [-0.05, 0) is 61.4 Å². The van der Waals surface area contributed by atoms with Gasteiger partial charge in [0, 0.05) is 19.0 Å². The van der Waals surface area contributed by atoms with E-state index in [1.165, 1.54) is 0 Å². The van der Waals surface area contributed by atoms with Gasteiger partial charge in [-0.3, -0.25) is 9.59 Å². The van der Waals surface area contributed by atoms with Crippen molar-refractivity contribution in [3.05, 3.63) is 59.2 Å². The van der Waals surface area contributed by atoms with Crippen molar-refractivity contribution in [3.8, 4) is 11.5 Å². The number of hydrogen-bond acceptors (Lipinski definition) is 4. The maximum Gasteiger partial charge on any atom is 0.243 e. The first-order valence-electron chi connectivity index (χ1n) is 12.6. The summed E-state index contributed by atoms with van der Waals surface area (Å²) in [7, 11) is 0. The fraction of sp³-hybridized carbons (Fsp3) is 0.500. The number of amides is 2. The number of carbonyl (C=O) groups excluding carboxylic acids is 2. The van der Waals surface area contributed by atoms with E-state index in [9.17, 15) is 9.59 Å². The van der Waals surface area contributed by atoms with Gasteiger partial charge in [-0.25, -0.2) is 0 Å². The van der Waals surface area contributed by atoms with E-state index in [2.05, 4.69) is 5.32 Å². The SMILES string of the molecule is CC[C@@H](C(=O)NC1CCCC1)N(Cc1ccccc1C)C(=O)CCc1ccc2c(c1)OCCO2. The van der Waals surface area contributed by atoms with E-state index in [1.54, 1.807) is 4.90 Å². The van der Waals surface area contributed by atoms with Crippen molar-refractivity contribution < 1.29 is 19.1 Å². The van der Waals surface area contributed by atoms with E-state index in [1.807, 2.05) is 56.3 Å². The molecule has 1 fully saturated rings. The van der Waals surface area contributed by atoms with Crippen molar-refractivity contribution in [2.75, 3.05) is 13.2 Å². The van der Waals surface area contributed by atoms with Crippen molar-refractivity contribution in [3.63, 3.8) is 0 Å². The minimum absolute atomic E-state index is 0.00781. The zero-order chi connectivity index (χ0) is 23.9. The van der Waals surface area contributed by atoms with Gasteiger partial charge in [0.2, 0.25) is 11.8 Å². The second-order valence-corrected chi connectivity index (χ2v) is 9.34. The number of benzene rings is 2. The first-order valence-corrected chi connectivity index (χ1v) is 12.6. The molecular weight excluding hydrogens is 428 g/mol. The third-order valence-electron chi connectivity index (χ3n) is 6.92. The minimum Gasteiger partial charge on any atom is -0.486 e. The van der Waals surface area contributed by atoms with Crippen LogP contribution in [0.4, 0.5) is 0 Å². The zero-order valence-electron chi connectivity index (χ0n) is 20.3. The van der Waals surface area contributed by atoms with E-state index in [4.69, 9.17) is 9.47 Å². The average molecular weight is 465 g/mol. The smallest absolute Gasteiger partial charge is 0.243 e. The summed E-state index contributed by atoms with van der Waals surface area (Å²) in [5, 5.41) is 3.21. The van der Waals surface area contributed by atoms with Crippen LogP contribution in [0.25, 0.3) is 0 Å². The Morgan fingerprint density at radius 1 is 1.06 bits per heavy atom. The zero-order valence-corrected chi connectivity index (χ0v) is 20.3. The van der Waals surface area contributed by atoms with Gasteiger partial charge in [-0.1, -0.05) is 50.1 Å². The maximum absolute atomic E-state index is 13.6. The lowest BCUT2D eigenvalue weighted by Gasteiger charge is -2.32. The molecule has 1 aliphatic heterocycles. The third kappa shape index (κ3) is 5.91. The molecule has 6 heteroatoms. The lowest BCUT2D eigenvalue weighted by atomic mass is 10.0. The predicted octanol–water partition coefficient (Wildman–Crippen LogP) is 4.57. The number of nitrogens with zero attached hydrogens (tertiary/aromatic N) is 1. The highest BCUT2D eigenvalue weighted by Gasteiger charge is 2.30. The molecule has 2 aliphatic rings. The summed E-state index contributed by atoms with van der Waals surface area (Å²) < 4.78 is 11.3. The van der Waals surface area contributed by atoms with E-state index < -0.39 is 6.04 Å². The summed E-state index contributed by atoms with van der Waals surface area (Å²) in [5.74, 6) is 1.44. The molecule has 182 valence electrons. The Balaban J connectivity index is 1.49. The Labute approximate surface area is 202 Å². The summed E-state index contributed by atoms with van der Waals surface area (Å²) in [5.41, 5.74) is 3.22. The lowest BCUT2D eigenvalue weighted by Crippen LogP contribution is -2.51. The molecule has 4 rings (SSSR count). The summed E-state index contributed by atoms with van der Waals surface area (Å²) in [6.07, 6.45) is 5.86.